The van der Waals surface area contributed by atoms with Crippen LogP contribution in [0.1, 0.15) is 28.4 Å². The Kier molecular flexibility index (Phi) is 9.05. The van der Waals surface area contributed by atoms with Gasteiger partial charge in [-0.1, -0.05) is 18.5 Å². The van der Waals surface area contributed by atoms with Crippen molar-refractivity contribution < 1.29 is 42.3 Å². The molecule has 1 unspecified atom stereocenters. The van der Waals surface area contributed by atoms with Crippen molar-refractivity contribution in [3.63, 3.8) is 0 Å². The molecule has 0 bridgehead atoms. The lowest BCUT2D eigenvalue weighted by Crippen LogP contribution is -2.27. The third-order valence-corrected chi connectivity index (χ3v) is 5.01. The predicted molar refractivity (Wildman–Crippen MR) is 119 cm³/mol. The fourth-order valence-corrected chi connectivity index (χ4v) is 3.43. The number of alkyl halides is 3. The maximum absolute atomic E-state index is 12.9. The van der Waals surface area contributed by atoms with E-state index >= 15 is 0 Å². The zero-order valence-electron chi connectivity index (χ0n) is 18.9. The fourth-order valence-electron chi connectivity index (χ4n) is 3.21. The van der Waals surface area contributed by atoms with Crippen LogP contribution in [0.5, 0.6) is 11.5 Å². The Morgan fingerprint density at radius 1 is 1.23 bits per heavy atom. The van der Waals surface area contributed by atoms with Crippen molar-refractivity contribution in [3.05, 3.63) is 62.2 Å². The molecular weight excluding hydrogens is 497 g/mol. The van der Waals surface area contributed by atoms with Crippen LogP contribution in [0.2, 0.25) is 5.02 Å². The highest BCUT2D eigenvalue weighted by Gasteiger charge is 2.31. The summed E-state index contributed by atoms with van der Waals surface area (Å²) in [5.41, 5.74) is -2.56. The summed E-state index contributed by atoms with van der Waals surface area (Å²) >= 11 is 5.88. The van der Waals surface area contributed by atoms with E-state index < -0.39 is 50.8 Å². The van der Waals surface area contributed by atoms with E-state index in [4.69, 9.17) is 21.1 Å². The van der Waals surface area contributed by atoms with Crippen LogP contribution in [0.15, 0.2) is 30.3 Å². The summed E-state index contributed by atoms with van der Waals surface area (Å²) in [6, 6.07) is 4.31. The molecule has 2 aromatic rings. The van der Waals surface area contributed by atoms with Gasteiger partial charge in [0.15, 0.2) is 0 Å². The number of hydrogen-bond acceptors (Lipinski definition) is 7. The quantitative estimate of drug-likeness (QED) is 0.264. The zero-order chi connectivity index (χ0) is 26.5. The van der Waals surface area contributed by atoms with Crippen LogP contribution in [0.25, 0.3) is 0 Å². The van der Waals surface area contributed by atoms with Crippen LogP contribution in [0, 0.1) is 16.0 Å². The molecule has 0 amide bonds. The van der Waals surface area contributed by atoms with Crippen molar-refractivity contribution in [1.82, 2.24) is 4.90 Å². The number of carbonyl (C=O) groups is 2. The van der Waals surface area contributed by atoms with E-state index in [9.17, 15) is 38.0 Å². The summed E-state index contributed by atoms with van der Waals surface area (Å²) in [7, 11) is 3.55. The smallest absolute Gasteiger partial charge is 0.416 e. The highest BCUT2D eigenvalue weighted by atomic mass is 35.5. The van der Waals surface area contributed by atoms with E-state index in [0.717, 1.165) is 24.3 Å². The van der Waals surface area contributed by atoms with Gasteiger partial charge >= 0.3 is 18.1 Å². The number of carbonyl (C=O) groups excluding carboxylic acids is 1. The van der Waals surface area contributed by atoms with Gasteiger partial charge in [-0.2, -0.15) is 13.2 Å². The maximum Gasteiger partial charge on any atom is 0.416 e. The largest absolute Gasteiger partial charge is 0.477 e. The molecule has 190 valence electrons. The molecule has 2 rings (SSSR count). The second kappa shape index (κ2) is 11.4. The van der Waals surface area contributed by atoms with Crippen molar-refractivity contribution >= 4 is 29.2 Å². The molecule has 0 aliphatic heterocycles. The number of aromatic carboxylic acids is 1. The Balaban J connectivity index is 2.35. The monoisotopic (exact) mass is 518 g/mol. The van der Waals surface area contributed by atoms with Gasteiger partial charge in [0.1, 0.15) is 17.1 Å². The Morgan fingerprint density at radius 2 is 1.89 bits per heavy atom. The lowest BCUT2D eigenvalue weighted by atomic mass is 10.0. The lowest BCUT2D eigenvalue weighted by molar-refractivity contribution is -0.385. The van der Waals surface area contributed by atoms with E-state index in [0.29, 0.717) is 12.6 Å². The van der Waals surface area contributed by atoms with Crippen LogP contribution in [0.4, 0.5) is 18.9 Å². The molecular formula is C22H22ClF3N2O7. The van der Waals surface area contributed by atoms with Gasteiger partial charge in [-0.25, -0.2) is 4.79 Å². The number of nitro groups is 1. The van der Waals surface area contributed by atoms with Gasteiger partial charge in [-0.3, -0.25) is 14.9 Å². The van der Waals surface area contributed by atoms with Crippen LogP contribution >= 0.6 is 11.6 Å². The molecule has 0 spiro atoms. The molecule has 1 N–H and O–H groups in total. The van der Waals surface area contributed by atoms with Crippen molar-refractivity contribution in [1.29, 1.82) is 0 Å². The van der Waals surface area contributed by atoms with Crippen LogP contribution < -0.4 is 4.74 Å². The second-order valence-corrected chi connectivity index (χ2v) is 8.27. The van der Waals surface area contributed by atoms with E-state index in [1.54, 1.807) is 25.9 Å². The summed E-state index contributed by atoms with van der Waals surface area (Å²) in [5.74, 6) is -3.06. The van der Waals surface area contributed by atoms with Crippen LogP contribution in [0.3, 0.4) is 0 Å². The minimum Gasteiger partial charge on any atom is -0.477 e. The third-order valence-electron chi connectivity index (χ3n) is 4.72. The summed E-state index contributed by atoms with van der Waals surface area (Å²) in [6.45, 7) is 1.79. The van der Waals surface area contributed by atoms with Crippen LogP contribution in [-0.4, -0.2) is 54.1 Å². The third kappa shape index (κ3) is 7.55. The lowest BCUT2D eigenvalue weighted by Gasteiger charge is -2.16. The minimum atomic E-state index is -4.64. The molecule has 0 radical (unpaired) electrons. The number of benzene rings is 2. The summed E-state index contributed by atoms with van der Waals surface area (Å²) in [6.07, 6.45) is -4.85. The van der Waals surface area contributed by atoms with Crippen molar-refractivity contribution in [2.24, 2.45) is 5.92 Å². The van der Waals surface area contributed by atoms with E-state index in [2.05, 4.69) is 0 Å². The number of carboxylic acid groups (broad SMARTS) is 1. The summed E-state index contributed by atoms with van der Waals surface area (Å²) in [5, 5.41) is 20.7. The number of esters is 1. The van der Waals surface area contributed by atoms with Gasteiger partial charge in [0, 0.05) is 24.6 Å². The average Bonchev–Trinajstić information content (AvgIpc) is 2.73. The molecule has 0 fully saturated rings. The maximum atomic E-state index is 12.9. The van der Waals surface area contributed by atoms with Gasteiger partial charge in [0.25, 0.3) is 5.69 Å². The summed E-state index contributed by atoms with van der Waals surface area (Å²) < 4.78 is 49.2. The molecule has 0 saturated heterocycles. The predicted octanol–water partition coefficient (Wildman–Crippen LogP) is 5.04. The highest BCUT2D eigenvalue weighted by Crippen LogP contribution is 2.38. The second-order valence-electron chi connectivity index (χ2n) is 7.87. The topological polar surface area (TPSA) is 119 Å². The van der Waals surface area contributed by atoms with E-state index in [1.807, 2.05) is 0 Å². The van der Waals surface area contributed by atoms with Gasteiger partial charge < -0.3 is 19.5 Å². The zero-order valence-corrected chi connectivity index (χ0v) is 19.6. The number of carboxylic acids is 1. The van der Waals surface area contributed by atoms with Gasteiger partial charge in [-0.05, 0) is 38.4 Å². The Morgan fingerprint density at radius 3 is 2.40 bits per heavy atom. The first-order chi connectivity index (χ1) is 16.2. The Labute approximate surface area is 203 Å². The molecule has 0 aliphatic rings. The first kappa shape index (κ1) is 27.9. The van der Waals surface area contributed by atoms with Gasteiger partial charge in [-0.15, -0.1) is 0 Å². The van der Waals surface area contributed by atoms with Gasteiger partial charge in [0.05, 0.1) is 28.0 Å². The minimum absolute atomic E-state index is 0.110. The van der Waals surface area contributed by atoms with Crippen LogP contribution in [-0.2, 0) is 22.1 Å². The Bertz CT molecular complexity index is 1120. The van der Waals surface area contributed by atoms with Gasteiger partial charge in [0.2, 0.25) is 0 Å². The molecule has 13 heteroatoms. The molecule has 0 heterocycles. The standard InChI is InChI=1S/C22H22ClF3N2O7/c1-12(11-27(2)3)21(31)34-7-6-13-8-15(10-16(20(29)30)19(13)28(32)33)35-18-5-4-14(9-17(18)23)22(24,25)26/h4-5,8-10,12H,6-7,11H2,1-3H3,(H,29,30). The Hall–Kier alpha value is -3.38. The highest BCUT2D eigenvalue weighted by molar-refractivity contribution is 6.32. The van der Waals surface area contributed by atoms with Crippen molar-refractivity contribution in [2.45, 2.75) is 19.5 Å². The molecule has 1 atom stereocenters. The average molecular weight is 519 g/mol. The molecule has 9 nitrogen and oxygen atoms in total. The SMILES string of the molecule is CC(CN(C)C)C(=O)OCCc1cc(Oc2ccc(C(F)(F)F)cc2Cl)cc(C(=O)O)c1[N+](=O)[O-]. The van der Waals surface area contributed by atoms with E-state index in [1.165, 1.54) is 0 Å². The number of nitro benzene ring substituents is 1. The molecule has 0 aromatic heterocycles. The summed E-state index contributed by atoms with van der Waals surface area (Å²) in [4.78, 5) is 36.3. The molecule has 0 saturated carbocycles. The normalized spacial score (nSPS) is 12.3. The van der Waals surface area contributed by atoms with Crippen molar-refractivity contribution in [2.75, 3.05) is 27.2 Å². The number of rotatable bonds is 10. The molecule has 35 heavy (non-hydrogen) atoms. The first-order valence-corrected chi connectivity index (χ1v) is 10.5. The van der Waals surface area contributed by atoms with E-state index in [-0.39, 0.29) is 30.1 Å². The number of ether oxygens (including phenoxy) is 2. The number of hydrogen-bond donors (Lipinski definition) is 1. The fraction of sp³-hybridized carbons (Fsp3) is 0.364. The first-order valence-electron chi connectivity index (χ1n) is 10.1. The molecule has 2 aromatic carbocycles. The number of halogens is 4. The number of nitrogens with zero attached hydrogens (tertiary/aromatic N) is 2. The van der Waals surface area contributed by atoms with Crippen molar-refractivity contribution in [3.8, 4) is 11.5 Å². The molecule has 0 aliphatic carbocycles.